The Kier molecular flexibility index (Phi) is 2.49. The molecule has 0 aliphatic carbocycles. The molecule has 0 aromatic carbocycles. The minimum Gasteiger partial charge on any atom is -0.469 e. The van der Waals surface area contributed by atoms with E-state index in [0.29, 0.717) is 0 Å². The van der Waals surface area contributed by atoms with Crippen molar-refractivity contribution in [1.82, 2.24) is 19.5 Å². The summed E-state index contributed by atoms with van der Waals surface area (Å²) in [6.07, 6.45) is -0.0405. The molecule has 2 aromatic heterocycles. The van der Waals surface area contributed by atoms with Crippen molar-refractivity contribution in [1.29, 1.82) is 0 Å². The highest BCUT2D eigenvalue weighted by atomic mass is 19.1. The third kappa shape index (κ3) is 1.74. The molecule has 100 valence electrons. The van der Waals surface area contributed by atoms with Crippen LogP contribution in [0.15, 0.2) is 23.2 Å². The van der Waals surface area contributed by atoms with Crippen LogP contribution in [0.5, 0.6) is 0 Å². The zero-order valence-electron chi connectivity index (χ0n) is 9.58. The Morgan fingerprint density at radius 1 is 1.68 bits per heavy atom. The second-order valence-corrected chi connectivity index (χ2v) is 4.11. The molecule has 2 aromatic rings. The number of nitrogens with one attached hydrogen (secondary N) is 1. The van der Waals surface area contributed by atoms with Crippen molar-refractivity contribution in [2.75, 3.05) is 5.73 Å². The number of halogens is 1. The topological polar surface area (TPSA) is 119 Å². The smallest absolute Gasteiger partial charge is 0.280 e. The number of aliphatic hydroxyl groups is 1. The Labute approximate surface area is 105 Å². The molecule has 0 bridgehead atoms. The number of imidazole rings is 1. The van der Waals surface area contributed by atoms with Crippen LogP contribution >= 0.6 is 0 Å². The Balaban J connectivity index is 2.10. The molecule has 1 aliphatic rings. The van der Waals surface area contributed by atoms with Crippen molar-refractivity contribution in [3.05, 3.63) is 28.8 Å². The van der Waals surface area contributed by atoms with E-state index in [-0.39, 0.29) is 35.6 Å². The summed E-state index contributed by atoms with van der Waals surface area (Å²) >= 11 is 0. The summed E-state index contributed by atoms with van der Waals surface area (Å²) in [5.41, 5.74) is 5.31. The van der Waals surface area contributed by atoms with Gasteiger partial charge in [0.1, 0.15) is 18.8 Å². The molecule has 1 saturated heterocycles. The Hall–Kier alpha value is -2.42. The van der Waals surface area contributed by atoms with Gasteiger partial charge in [-0.3, -0.25) is 14.3 Å². The van der Waals surface area contributed by atoms with Gasteiger partial charge < -0.3 is 15.6 Å². The van der Waals surface area contributed by atoms with Gasteiger partial charge in [-0.2, -0.15) is 4.98 Å². The van der Waals surface area contributed by atoms with E-state index in [1.165, 1.54) is 10.9 Å². The quantitative estimate of drug-likeness (QED) is 0.658. The van der Waals surface area contributed by atoms with Gasteiger partial charge in [0.2, 0.25) is 5.95 Å². The predicted molar refractivity (Wildman–Crippen MR) is 62.5 cm³/mol. The highest BCUT2D eigenvalue weighted by Gasteiger charge is 2.32. The molecule has 8 nitrogen and oxygen atoms in total. The van der Waals surface area contributed by atoms with Crippen LogP contribution in [0.1, 0.15) is 12.6 Å². The van der Waals surface area contributed by atoms with Gasteiger partial charge in [-0.05, 0) is 0 Å². The summed E-state index contributed by atoms with van der Waals surface area (Å²) in [6, 6.07) is 0. The largest absolute Gasteiger partial charge is 0.469 e. The summed E-state index contributed by atoms with van der Waals surface area (Å²) in [5, 5.41) is 9.56. The maximum atomic E-state index is 12.4. The van der Waals surface area contributed by atoms with Gasteiger partial charge in [0.25, 0.3) is 5.56 Å². The number of nitrogen functional groups attached to an aromatic ring is 1. The molecular formula is C10H10FN5O3. The Bertz CT molecular complexity index is 722. The summed E-state index contributed by atoms with van der Waals surface area (Å²) in [7, 11) is 0. The lowest BCUT2D eigenvalue weighted by molar-refractivity contribution is 0.0977. The number of hydrogen-bond donors (Lipinski definition) is 3. The van der Waals surface area contributed by atoms with Crippen LogP contribution in [0.25, 0.3) is 11.2 Å². The van der Waals surface area contributed by atoms with Gasteiger partial charge in [0, 0.05) is 6.42 Å². The number of anilines is 1. The van der Waals surface area contributed by atoms with Gasteiger partial charge >= 0.3 is 0 Å². The maximum Gasteiger partial charge on any atom is 0.280 e. The fourth-order valence-corrected chi connectivity index (χ4v) is 2.01. The molecule has 0 amide bonds. The van der Waals surface area contributed by atoms with Crippen molar-refractivity contribution < 1.29 is 14.2 Å². The second-order valence-electron chi connectivity index (χ2n) is 4.11. The van der Waals surface area contributed by atoms with E-state index in [4.69, 9.17) is 10.5 Å². The van der Waals surface area contributed by atoms with Gasteiger partial charge in [-0.1, -0.05) is 0 Å². The molecular weight excluding hydrogens is 257 g/mol. The van der Waals surface area contributed by atoms with Crippen molar-refractivity contribution in [2.24, 2.45) is 0 Å². The van der Waals surface area contributed by atoms with E-state index in [0.717, 1.165) is 0 Å². The number of nitrogens with two attached hydrogens (primary N) is 1. The monoisotopic (exact) mass is 267 g/mol. The first-order valence-corrected chi connectivity index (χ1v) is 5.47. The third-order valence-electron chi connectivity index (χ3n) is 2.89. The summed E-state index contributed by atoms with van der Waals surface area (Å²) < 4.78 is 19.1. The fourth-order valence-electron chi connectivity index (χ4n) is 2.01. The third-order valence-corrected chi connectivity index (χ3v) is 2.89. The number of H-pyrrole nitrogens is 1. The highest BCUT2D eigenvalue weighted by Crippen LogP contribution is 2.32. The van der Waals surface area contributed by atoms with E-state index in [1.54, 1.807) is 0 Å². The van der Waals surface area contributed by atoms with Crippen molar-refractivity contribution in [3.63, 3.8) is 0 Å². The van der Waals surface area contributed by atoms with Gasteiger partial charge in [0.05, 0.1) is 0 Å². The van der Waals surface area contributed by atoms with Crippen molar-refractivity contribution >= 4 is 17.1 Å². The van der Waals surface area contributed by atoms with Gasteiger partial charge in [-0.25, -0.2) is 9.37 Å². The SMILES string of the molecule is Nc1nc2c(ncn2[C@H]2CC(O)/C(=C\F)O2)c(=O)[nH]1. The van der Waals surface area contributed by atoms with E-state index in [2.05, 4.69) is 15.0 Å². The fraction of sp³-hybridized carbons (Fsp3) is 0.300. The van der Waals surface area contributed by atoms with Crippen LogP contribution < -0.4 is 11.3 Å². The second kappa shape index (κ2) is 4.05. The lowest BCUT2D eigenvalue weighted by atomic mass is 10.2. The minimum absolute atomic E-state index is 0.0564. The molecule has 2 atom stereocenters. The lowest BCUT2D eigenvalue weighted by Crippen LogP contribution is -2.14. The molecule has 0 radical (unpaired) electrons. The molecule has 9 heteroatoms. The van der Waals surface area contributed by atoms with Crippen molar-refractivity contribution in [2.45, 2.75) is 18.8 Å². The van der Waals surface area contributed by atoms with Crippen LogP contribution in [0.4, 0.5) is 10.3 Å². The summed E-state index contributed by atoms with van der Waals surface area (Å²) in [6.45, 7) is 0. The molecule has 1 fully saturated rings. The predicted octanol–water partition coefficient (Wildman–Crippen LogP) is -0.208. The first kappa shape index (κ1) is 11.7. The zero-order valence-corrected chi connectivity index (χ0v) is 9.58. The molecule has 1 aliphatic heterocycles. The van der Waals surface area contributed by atoms with E-state index in [1.807, 2.05) is 0 Å². The van der Waals surface area contributed by atoms with Crippen LogP contribution in [0, 0.1) is 0 Å². The average Bonchev–Trinajstić information content (AvgIpc) is 2.92. The molecule has 4 N–H and O–H groups in total. The molecule has 19 heavy (non-hydrogen) atoms. The molecule has 3 rings (SSSR count). The average molecular weight is 267 g/mol. The van der Waals surface area contributed by atoms with Crippen molar-refractivity contribution in [3.8, 4) is 0 Å². The number of nitrogens with zero attached hydrogens (tertiary/aromatic N) is 3. The van der Waals surface area contributed by atoms with Crippen LogP contribution in [0.2, 0.25) is 0 Å². The summed E-state index contributed by atoms with van der Waals surface area (Å²) in [4.78, 5) is 21.8. The number of ether oxygens (including phenoxy) is 1. The minimum atomic E-state index is -1.04. The van der Waals surface area contributed by atoms with E-state index >= 15 is 0 Å². The van der Waals surface area contributed by atoms with Gasteiger partial charge in [0.15, 0.2) is 23.2 Å². The van der Waals surface area contributed by atoms with E-state index in [9.17, 15) is 14.3 Å². The Morgan fingerprint density at radius 2 is 2.47 bits per heavy atom. The first-order chi connectivity index (χ1) is 9.10. The number of hydrogen-bond acceptors (Lipinski definition) is 6. The number of aromatic nitrogens is 4. The number of fused-ring (bicyclic) bond motifs is 1. The van der Waals surface area contributed by atoms with Crippen LogP contribution in [-0.4, -0.2) is 30.7 Å². The first-order valence-electron chi connectivity index (χ1n) is 5.47. The molecule has 0 saturated carbocycles. The molecule has 3 heterocycles. The number of aliphatic hydroxyl groups excluding tert-OH is 1. The highest BCUT2D eigenvalue weighted by molar-refractivity contribution is 5.70. The zero-order chi connectivity index (χ0) is 13.6. The number of rotatable bonds is 1. The van der Waals surface area contributed by atoms with Crippen LogP contribution in [0.3, 0.4) is 0 Å². The molecule has 0 spiro atoms. The van der Waals surface area contributed by atoms with Crippen LogP contribution in [-0.2, 0) is 4.74 Å². The maximum absolute atomic E-state index is 12.4. The lowest BCUT2D eigenvalue weighted by Gasteiger charge is -2.11. The van der Waals surface area contributed by atoms with Gasteiger partial charge in [-0.15, -0.1) is 0 Å². The molecule has 1 unspecified atom stereocenters. The summed E-state index contributed by atoms with van der Waals surface area (Å²) in [5.74, 6) is -0.219. The van der Waals surface area contributed by atoms with E-state index < -0.39 is 17.9 Å². The standard InChI is InChI=1S/C10H10FN5O3/c11-2-5-4(17)1-6(19-5)16-3-13-7-8(16)14-10(12)15-9(7)18/h2-4,6,17H,1H2,(H3,12,14,15,18)/b5-2+/t4?,6-/m1/s1. The normalized spacial score (nSPS) is 25.1. The Morgan fingerprint density at radius 3 is 3.16 bits per heavy atom. The number of aromatic amines is 1.